The lowest BCUT2D eigenvalue weighted by Gasteiger charge is -2.24. The van der Waals surface area contributed by atoms with Crippen molar-refractivity contribution >= 4 is 50.4 Å². The molecule has 4 heterocycles. The van der Waals surface area contributed by atoms with E-state index in [9.17, 15) is 0 Å². The lowest BCUT2D eigenvalue weighted by Crippen LogP contribution is -2.14. The second-order valence-electron chi connectivity index (χ2n) is 9.29. The summed E-state index contributed by atoms with van der Waals surface area (Å²) in [5.41, 5.74) is 11.0. The lowest BCUT2D eigenvalue weighted by atomic mass is 9.88. The summed E-state index contributed by atoms with van der Waals surface area (Å²) in [5, 5.41) is 0. The molecule has 0 fully saturated rings. The van der Waals surface area contributed by atoms with Gasteiger partial charge in [0.2, 0.25) is 0 Å². The van der Waals surface area contributed by atoms with Crippen LogP contribution >= 0.6 is 11.3 Å². The summed E-state index contributed by atoms with van der Waals surface area (Å²) in [6, 6.07) is 29.1. The fourth-order valence-electron chi connectivity index (χ4n) is 5.28. The number of thiazole rings is 1. The molecule has 3 aromatic carbocycles. The van der Waals surface area contributed by atoms with Gasteiger partial charge in [-0.1, -0.05) is 60.7 Å². The maximum absolute atomic E-state index is 6.21. The third-order valence-corrected chi connectivity index (χ3v) is 7.89. The minimum Gasteiger partial charge on any atom is -0.432 e. The number of oxazole rings is 1. The van der Waals surface area contributed by atoms with Gasteiger partial charge >= 0.3 is 11.8 Å². The molecule has 6 nitrogen and oxygen atoms in total. The molecule has 0 atom stereocenters. The standard InChI is InChI=1S/C31H20N4O2S/c1-3-7-19(8-4-1)23-17-36-30-28(23)34-31(37-30)35(22-9-5-2-6-10-22)25-16-14-21-12-11-20-13-15-24-29(32-18-38-24)26(20)27(21)33-25/h1-10,13-18H,11-12H2. The molecule has 182 valence electrons. The maximum Gasteiger partial charge on any atom is 0.320 e. The molecule has 7 aromatic rings. The summed E-state index contributed by atoms with van der Waals surface area (Å²) < 4.78 is 13.2. The molecule has 7 heteroatoms. The van der Waals surface area contributed by atoms with Crippen LogP contribution in [0.5, 0.6) is 0 Å². The van der Waals surface area contributed by atoms with Gasteiger partial charge in [-0.3, -0.25) is 0 Å². The van der Waals surface area contributed by atoms with Gasteiger partial charge in [0.05, 0.1) is 32.7 Å². The highest BCUT2D eigenvalue weighted by molar-refractivity contribution is 7.16. The number of furan rings is 1. The van der Waals surface area contributed by atoms with Crippen LogP contribution in [0.4, 0.5) is 17.5 Å². The molecule has 0 spiro atoms. The smallest absolute Gasteiger partial charge is 0.320 e. The molecule has 4 aromatic heterocycles. The fraction of sp³-hybridized carbons (Fsp3) is 0.0645. The first-order valence-electron chi connectivity index (χ1n) is 12.5. The number of anilines is 3. The Bertz CT molecular complexity index is 1940. The van der Waals surface area contributed by atoms with Crippen molar-refractivity contribution in [1.29, 1.82) is 0 Å². The molecule has 0 aliphatic heterocycles. The Labute approximate surface area is 221 Å². The van der Waals surface area contributed by atoms with Gasteiger partial charge in [0, 0.05) is 5.56 Å². The number of nitrogens with zero attached hydrogens (tertiary/aromatic N) is 4. The van der Waals surface area contributed by atoms with Crippen LogP contribution in [-0.4, -0.2) is 15.0 Å². The van der Waals surface area contributed by atoms with Gasteiger partial charge in [0.1, 0.15) is 12.1 Å². The van der Waals surface area contributed by atoms with E-state index in [-0.39, 0.29) is 0 Å². The van der Waals surface area contributed by atoms with Crippen molar-refractivity contribution < 1.29 is 8.83 Å². The summed E-state index contributed by atoms with van der Waals surface area (Å²) >= 11 is 1.66. The minimum atomic E-state index is 0.382. The fourth-order valence-corrected chi connectivity index (χ4v) is 5.97. The quantitative estimate of drug-likeness (QED) is 0.236. The number of benzene rings is 3. The first-order chi connectivity index (χ1) is 18.8. The third kappa shape index (κ3) is 3.29. The van der Waals surface area contributed by atoms with E-state index < -0.39 is 0 Å². The highest BCUT2D eigenvalue weighted by atomic mass is 32.1. The number of rotatable bonds is 4. The van der Waals surface area contributed by atoms with Gasteiger partial charge in [-0.2, -0.15) is 4.98 Å². The molecular formula is C31H20N4O2S. The zero-order valence-corrected chi connectivity index (χ0v) is 21.0. The number of hydrogen-bond acceptors (Lipinski definition) is 7. The van der Waals surface area contributed by atoms with Gasteiger partial charge in [-0.05, 0) is 53.8 Å². The molecule has 38 heavy (non-hydrogen) atoms. The lowest BCUT2D eigenvalue weighted by molar-refractivity contribution is 0.479. The van der Waals surface area contributed by atoms with Gasteiger partial charge in [0.15, 0.2) is 5.52 Å². The number of hydrogen-bond donors (Lipinski definition) is 0. The molecule has 0 N–H and O–H groups in total. The van der Waals surface area contributed by atoms with Crippen LogP contribution in [0.15, 0.2) is 106 Å². The Hall–Kier alpha value is -4.75. The van der Waals surface area contributed by atoms with E-state index >= 15 is 0 Å². The predicted molar refractivity (Wildman–Crippen MR) is 150 cm³/mol. The van der Waals surface area contributed by atoms with Gasteiger partial charge in [-0.25, -0.2) is 14.9 Å². The largest absolute Gasteiger partial charge is 0.432 e. The second kappa shape index (κ2) is 8.39. The Kier molecular flexibility index (Phi) is 4.72. The molecule has 0 radical (unpaired) electrons. The topological polar surface area (TPSA) is 68.2 Å². The zero-order chi connectivity index (χ0) is 25.1. The second-order valence-corrected chi connectivity index (χ2v) is 10.2. The minimum absolute atomic E-state index is 0.382. The van der Waals surface area contributed by atoms with Crippen LogP contribution in [-0.2, 0) is 12.8 Å². The summed E-state index contributed by atoms with van der Waals surface area (Å²) in [5.74, 6) is 1.10. The van der Waals surface area contributed by atoms with Crippen LogP contribution in [0.2, 0.25) is 0 Å². The number of para-hydroxylation sites is 1. The average molecular weight is 513 g/mol. The summed E-state index contributed by atoms with van der Waals surface area (Å²) in [6.07, 6.45) is 3.63. The van der Waals surface area contributed by atoms with Crippen LogP contribution < -0.4 is 4.90 Å². The molecule has 1 aliphatic carbocycles. The van der Waals surface area contributed by atoms with Crippen molar-refractivity contribution in [2.45, 2.75) is 12.8 Å². The van der Waals surface area contributed by atoms with Gasteiger partial charge < -0.3 is 8.83 Å². The van der Waals surface area contributed by atoms with Crippen LogP contribution in [0.25, 0.3) is 43.9 Å². The zero-order valence-electron chi connectivity index (χ0n) is 20.2. The Balaban J connectivity index is 1.32. The molecule has 0 saturated carbocycles. The molecule has 0 amide bonds. The van der Waals surface area contributed by atoms with E-state index in [1.54, 1.807) is 17.6 Å². The number of aromatic nitrogens is 3. The van der Waals surface area contributed by atoms with Crippen molar-refractivity contribution in [3.05, 3.63) is 108 Å². The van der Waals surface area contributed by atoms with E-state index in [2.05, 4.69) is 18.2 Å². The molecule has 0 bridgehead atoms. The first kappa shape index (κ1) is 21.3. The average Bonchev–Trinajstić information content (AvgIpc) is 3.70. The number of fused-ring (bicyclic) bond motifs is 6. The van der Waals surface area contributed by atoms with Crippen LogP contribution in [0, 0.1) is 0 Å². The number of pyridine rings is 1. The normalized spacial score (nSPS) is 12.5. The Morgan fingerprint density at radius 3 is 2.42 bits per heavy atom. The van der Waals surface area contributed by atoms with E-state index in [1.165, 1.54) is 15.8 Å². The molecular weight excluding hydrogens is 492 g/mol. The molecule has 8 rings (SSSR count). The van der Waals surface area contributed by atoms with Crippen molar-refractivity contribution in [2.24, 2.45) is 0 Å². The first-order valence-corrected chi connectivity index (χ1v) is 13.4. The van der Waals surface area contributed by atoms with Crippen molar-refractivity contribution in [1.82, 2.24) is 15.0 Å². The van der Waals surface area contributed by atoms with Crippen molar-refractivity contribution in [2.75, 3.05) is 4.90 Å². The highest BCUT2D eigenvalue weighted by Gasteiger charge is 2.26. The Morgan fingerprint density at radius 1 is 0.763 bits per heavy atom. The molecule has 1 aliphatic rings. The molecule has 0 unspecified atom stereocenters. The van der Waals surface area contributed by atoms with E-state index in [0.29, 0.717) is 17.3 Å². The monoisotopic (exact) mass is 512 g/mol. The third-order valence-electron chi connectivity index (χ3n) is 7.10. The van der Waals surface area contributed by atoms with Crippen molar-refractivity contribution in [3.8, 4) is 22.4 Å². The maximum atomic E-state index is 6.21. The summed E-state index contributed by atoms with van der Waals surface area (Å²) in [4.78, 5) is 16.8. The van der Waals surface area contributed by atoms with Gasteiger partial charge in [-0.15, -0.1) is 11.3 Å². The SMILES string of the molecule is c1ccc(-c2coc3oc(N(c4ccccc4)c4ccc5c(n4)-c4c(ccc6scnc46)CC5)nc23)cc1. The molecule has 0 saturated heterocycles. The summed E-state index contributed by atoms with van der Waals surface area (Å²) in [7, 11) is 0. The van der Waals surface area contributed by atoms with E-state index in [1.807, 2.05) is 77.1 Å². The van der Waals surface area contributed by atoms with Crippen LogP contribution in [0.3, 0.4) is 0 Å². The Morgan fingerprint density at radius 2 is 1.55 bits per heavy atom. The number of aryl methyl sites for hydroxylation is 2. The predicted octanol–water partition coefficient (Wildman–Crippen LogP) is 8.33. The van der Waals surface area contributed by atoms with E-state index in [0.717, 1.165) is 52.2 Å². The van der Waals surface area contributed by atoms with Gasteiger partial charge in [0.25, 0.3) is 0 Å². The van der Waals surface area contributed by atoms with Crippen molar-refractivity contribution in [3.63, 3.8) is 0 Å². The summed E-state index contributed by atoms with van der Waals surface area (Å²) in [6.45, 7) is 0. The highest BCUT2D eigenvalue weighted by Crippen LogP contribution is 2.42. The van der Waals surface area contributed by atoms with Crippen LogP contribution in [0.1, 0.15) is 11.1 Å². The van der Waals surface area contributed by atoms with E-state index in [4.69, 9.17) is 23.8 Å².